The molecule has 1 aromatic carbocycles. The zero-order chi connectivity index (χ0) is 7.56. The van der Waals surface area contributed by atoms with Crippen molar-refractivity contribution in [2.75, 3.05) is 0 Å². The van der Waals surface area contributed by atoms with Crippen LogP contribution in [0.4, 0.5) is 29.2 Å². The molecule has 1 radical (unpaired) electrons. The molecule has 15 heavy (non-hydrogen) atoms. The smallest absolute Gasteiger partial charge is 0.269 e. The van der Waals surface area contributed by atoms with Crippen molar-refractivity contribution in [1.82, 2.24) is 0 Å². The summed E-state index contributed by atoms with van der Waals surface area (Å²) in [5.74, 6) is 0. The first-order valence-electron chi connectivity index (χ1n) is 2.61. The van der Waals surface area contributed by atoms with Crippen LogP contribution in [0.1, 0.15) is 0 Å². The van der Waals surface area contributed by atoms with Crippen LogP contribution in [0.25, 0.3) is 0 Å². The summed E-state index contributed by atoms with van der Waals surface area (Å²) >= 11 is 4.74. The minimum absolute atomic E-state index is 0. The number of nitrogens with zero attached hydrogens (tertiary/aromatic N) is 1. The van der Waals surface area contributed by atoms with Gasteiger partial charge in [-0.05, 0) is 12.1 Å². The summed E-state index contributed by atoms with van der Waals surface area (Å²) in [5.41, 5.74) is 0.0774. The first-order valence-corrected chi connectivity index (χ1v) is 3.02. The van der Waals surface area contributed by atoms with Crippen LogP contribution in [-0.4, -0.2) is 4.92 Å². The van der Waals surface area contributed by atoms with Gasteiger partial charge < -0.3 is 0 Å². The summed E-state index contributed by atoms with van der Waals surface area (Å²) < 4.78 is 0. The topological polar surface area (TPSA) is 43.1 Å². The van der Waals surface area contributed by atoms with Gasteiger partial charge in [-0.15, -0.1) is 0 Å². The van der Waals surface area contributed by atoms with Crippen molar-refractivity contribution in [3.8, 4) is 0 Å². The summed E-state index contributed by atoms with van der Waals surface area (Å²) in [6.07, 6.45) is 0. The lowest BCUT2D eigenvalue weighted by Gasteiger charge is -1.88. The maximum Gasteiger partial charge on any atom is 0.269 e. The summed E-state index contributed by atoms with van der Waals surface area (Å²) in [7, 11) is 0. The minimum Gasteiger partial charge on any atom is -0.269 e. The van der Waals surface area contributed by atoms with E-state index >= 15 is 0 Å². The van der Waals surface area contributed by atoms with E-state index in [9.17, 15) is 10.1 Å². The van der Waals surface area contributed by atoms with Gasteiger partial charge in [0.25, 0.3) is 5.69 Å². The first kappa shape index (κ1) is 29.2. The van der Waals surface area contributed by atoms with Gasteiger partial charge in [0.15, 0.2) is 0 Å². The standard InChI is InChI=1S/C6H4NO2S.5FH/c8-7(9)5-1-3-6(10)4-2-5;;;;;/h1-4H;5*1H. The molecule has 0 saturated heterocycles. The molecule has 0 N–H and O–H groups in total. The Bertz CT molecular complexity index is 258. The average Bonchev–Trinajstić information content (AvgIpc) is 1.88. The molecule has 0 aromatic heterocycles. The van der Waals surface area contributed by atoms with E-state index in [2.05, 4.69) is 0 Å². The summed E-state index contributed by atoms with van der Waals surface area (Å²) in [6.45, 7) is 0. The van der Waals surface area contributed by atoms with E-state index in [1.54, 1.807) is 0 Å². The van der Waals surface area contributed by atoms with Crippen molar-refractivity contribution >= 4 is 18.3 Å². The first-order chi connectivity index (χ1) is 4.70. The van der Waals surface area contributed by atoms with Gasteiger partial charge in [0.2, 0.25) is 0 Å². The van der Waals surface area contributed by atoms with Crippen molar-refractivity contribution < 1.29 is 28.4 Å². The van der Waals surface area contributed by atoms with Crippen LogP contribution in [0.15, 0.2) is 29.2 Å². The fraction of sp³-hybridized carbons (Fsp3) is 0. The fourth-order valence-corrected chi connectivity index (χ4v) is 0.704. The van der Waals surface area contributed by atoms with E-state index in [1.165, 1.54) is 24.3 Å². The Morgan fingerprint density at radius 2 is 1.27 bits per heavy atom. The van der Waals surface area contributed by atoms with Crippen LogP contribution in [0.3, 0.4) is 0 Å². The van der Waals surface area contributed by atoms with Crippen molar-refractivity contribution in [2.24, 2.45) is 0 Å². The number of benzene rings is 1. The van der Waals surface area contributed by atoms with E-state index < -0.39 is 4.92 Å². The molecule has 0 saturated carbocycles. The fourth-order valence-electron chi connectivity index (χ4n) is 0.568. The van der Waals surface area contributed by atoms with E-state index in [4.69, 9.17) is 12.6 Å². The van der Waals surface area contributed by atoms with Crippen LogP contribution >= 0.6 is 12.6 Å². The lowest BCUT2D eigenvalue weighted by atomic mass is 10.3. The van der Waals surface area contributed by atoms with Crippen molar-refractivity contribution in [3.63, 3.8) is 0 Å². The van der Waals surface area contributed by atoms with E-state index in [-0.39, 0.29) is 29.2 Å². The van der Waals surface area contributed by atoms with Crippen molar-refractivity contribution in [3.05, 3.63) is 34.4 Å². The van der Waals surface area contributed by atoms with Gasteiger partial charge in [-0.25, -0.2) is 0 Å². The van der Waals surface area contributed by atoms with E-state index in [0.29, 0.717) is 4.90 Å². The number of nitro groups is 1. The Kier molecular flexibility index (Phi) is 24.3. The zero-order valence-electron chi connectivity index (χ0n) is 7.02. The third-order valence-electron chi connectivity index (χ3n) is 1.05. The van der Waals surface area contributed by atoms with Crippen molar-refractivity contribution in [1.29, 1.82) is 0 Å². The molecule has 9 heteroatoms. The van der Waals surface area contributed by atoms with Gasteiger partial charge in [-0.3, -0.25) is 33.6 Å². The molecular weight excluding hydrogens is 245 g/mol. The Balaban J connectivity index is -0.0000000667. The Morgan fingerprint density at radius 1 is 0.933 bits per heavy atom. The average molecular weight is 254 g/mol. The molecule has 1 rings (SSSR count). The predicted octanol–water partition coefficient (Wildman–Crippen LogP) is 2.91. The van der Waals surface area contributed by atoms with Crippen LogP contribution in [-0.2, 0) is 0 Å². The van der Waals surface area contributed by atoms with E-state index in [0.717, 1.165) is 0 Å². The van der Waals surface area contributed by atoms with Crippen LogP contribution in [0.5, 0.6) is 0 Å². The number of hydrogen-bond acceptors (Lipinski definition) is 2. The highest BCUT2D eigenvalue weighted by atomic mass is 32.1. The molecule has 91 valence electrons. The van der Waals surface area contributed by atoms with Gasteiger partial charge in [-0.2, -0.15) is 0 Å². The number of halogens is 5. The van der Waals surface area contributed by atoms with Gasteiger partial charge in [-0.1, -0.05) is 12.6 Å². The third-order valence-corrected chi connectivity index (χ3v) is 1.32. The van der Waals surface area contributed by atoms with Crippen LogP contribution < -0.4 is 0 Å². The molecule has 0 fully saturated rings. The number of non-ortho nitro benzene ring substituents is 1. The Hall–Kier alpha value is -1.51. The highest BCUT2D eigenvalue weighted by Crippen LogP contribution is 2.13. The molecule has 0 heterocycles. The molecular formula is C6H9F5NO2S. The largest absolute Gasteiger partial charge is 0.269 e. The third kappa shape index (κ3) is 8.81. The zero-order valence-corrected chi connectivity index (χ0v) is 7.84. The molecule has 3 nitrogen and oxygen atoms in total. The summed E-state index contributed by atoms with van der Waals surface area (Å²) in [4.78, 5) is 10.3. The molecule has 0 bridgehead atoms. The van der Waals surface area contributed by atoms with Gasteiger partial charge in [0.05, 0.1) is 4.92 Å². The number of hydrogen-bond donors (Lipinski definition) is 0. The molecule has 0 atom stereocenters. The molecule has 0 aliphatic carbocycles. The lowest BCUT2D eigenvalue weighted by molar-refractivity contribution is -0.384. The number of rotatable bonds is 1. The van der Waals surface area contributed by atoms with Gasteiger partial charge in [0.1, 0.15) is 0 Å². The lowest BCUT2D eigenvalue weighted by Crippen LogP contribution is -1.85. The van der Waals surface area contributed by atoms with E-state index in [1.807, 2.05) is 0 Å². The molecule has 0 aliphatic heterocycles. The second kappa shape index (κ2) is 12.5. The highest BCUT2D eigenvalue weighted by Gasteiger charge is 2.01. The quantitative estimate of drug-likeness (QED) is 0.439. The summed E-state index contributed by atoms with van der Waals surface area (Å²) in [6, 6.07) is 5.85. The van der Waals surface area contributed by atoms with Gasteiger partial charge in [0, 0.05) is 17.0 Å². The molecule has 0 aliphatic rings. The Morgan fingerprint density at radius 3 is 1.53 bits per heavy atom. The monoisotopic (exact) mass is 254 g/mol. The molecule has 0 unspecified atom stereocenters. The maximum absolute atomic E-state index is 10.1. The maximum atomic E-state index is 10.1. The normalized spacial score (nSPS) is 6.13. The predicted molar refractivity (Wildman–Crippen MR) is 51.5 cm³/mol. The second-order valence-corrected chi connectivity index (χ2v) is 2.22. The molecule has 0 amide bonds. The van der Waals surface area contributed by atoms with Crippen LogP contribution in [0.2, 0.25) is 0 Å². The highest BCUT2D eigenvalue weighted by molar-refractivity contribution is 7.80. The molecule has 1 aromatic rings. The Labute approximate surface area is 86.9 Å². The van der Waals surface area contributed by atoms with Crippen molar-refractivity contribution in [2.45, 2.75) is 4.90 Å². The second-order valence-electron chi connectivity index (χ2n) is 1.75. The van der Waals surface area contributed by atoms with Crippen LogP contribution in [0, 0.1) is 10.1 Å². The summed E-state index contributed by atoms with van der Waals surface area (Å²) in [5, 5.41) is 10.1. The SMILES string of the molecule is F.F.F.F.F.O=[N+]([O-])c1ccc([S])cc1. The minimum atomic E-state index is -0.450. The van der Waals surface area contributed by atoms with Gasteiger partial charge >= 0.3 is 0 Å². The number of nitro benzene ring substituents is 1. The molecule has 0 spiro atoms.